The van der Waals surface area contributed by atoms with Crippen molar-refractivity contribution in [3.63, 3.8) is 0 Å². The lowest BCUT2D eigenvalue weighted by Crippen LogP contribution is -2.33. The van der Waals surface area contributed by atoms with E-state index < -0.39 is 0 Å². The van der Waals surface area contributed by atoms with Crippen LogP contribution in [0.4, 0.5) is 0 Å². The Hall–Kier alpha value is -2.90. The van der Waals surface area contributed by atoms with Gasteiger partial charge in [-0.1, -0.05) is 11.6 Å². The van der Waals surface area contributed by atoms with Crippen LogP contribution in [-0.4, -0.2) is 34.1 Å². The average molecular weight is 456 g/mol. The van der Waals surface area contributed by atoms with Crippen molar-refractivity contribution < 1.29 is 14.3 Å². The third-order valence-electron chi connectivity index (χ3n) is 5.00. The molecule has 0 fully saturated rings. The fourth-order valence-corrected chi connectivity index (χ4v) is 4.58. The van der Waals surface area contributed by atoms with Gasteiger partial charge in [-0.3, -0.25) is 14.3 Å². The van der Waals surface area contributed by atoms with Crippen molar-refractivity contribution in [2.24, 2.45) is 0 Å². The van der Waals surface area contributed by atoms with E-state index in [2.05, 4.69) is 10.4 Å². The maximum atomic E-state index is 12.2. The van der Waals surface area contributed by atoms with Crippen LogP contribution in [0.3, 0.4) is 0 Å². The minimum atomic E-state index is -0.189. The summed E-state index contributed by atoms with van der Waals surface area (Å²) in [5, 5.41) is 7.59. The monoisotopic (exact) mass is 455 g/mol. The second-order valence-corrected chi connectivity index (χ2v) is 8.81. The molecule has 3 aromatic rings. The molecule has 0 radical (unpaired) electrons. The number of hydrogen-bond donors (Lipinski definition) is 1. The van der Waals surface area contributed by atoms with Gasteiger partial charge in [-0.25, -0.2) is 0 Å². The number of ketones is 1. The SMILES string of the molecule is CCn1cc(C=CC(=O)NCC2Cc3cc(-c4ccc(C(C)=O)s4)cc(Cl)c3O2)cn1. The van der Waals surface area contributed by atoms with Crippen molar-refractivity contribution in [3.05, 3.63) is 63.8 Å². The number of halogens is 1. The molecule has 1 aliphatic heterocycles. The Morgan fingerprint density at radius 2 is 2.23 bits per heavy atom. The minimum Gasteiger partial charge on any atom is -0.486 e. The molecule has 0 saturated carbocycles. The number of Topliss-reactive ketones (excluding diaryl/α,β-unsaturated/α-hetero) is 1. The third-order valence-corrected chi connectivity index (χ3v) is 6.51. The number of ether oxygens (including phenoxy) is 1. The van der Waals surface area contributed by atoms with Crippen LogP contribution in [0.15, 0.2) is 42.7 Å². The van der Waals surface area contributed by atoms with Crippen molar-refractivity contribution in [2.45, 2.75) is 32.9 Å². The van der Waals surface area contributed by atoms with Gasteiger partial charge in [0.15, 0.2) is 5.78 Å². The zero-order chi connectivity index (χ0) is 22.0. The summed E-state index contributed by atoms with van der Waals surface area (Å²) in [6.45, 7) is 4.73. The molecule has 0 aliphatic carbocycles. The molecule has 0 bridgehead atoms. The van der Waals surface area contributed by atoms with Crippen LogP contribution in [0.25, 0.3) is 16.5 Å². The van der Waals surface area contributed by atoms with E-state index in [-0.39, 0.29) is 17.8 Å². The highest BCUT2D eigenvalue weighted by atomic mass is 35.5. The van der Waals surface area contributed by atoms with Crippen molar-refractivity contribution in [1.82, 2.24) is 15.1 Å². The minimum absolute atomic E-state index is 0.0518. The number of fused-ring (bicyclic) bond motifs is 1. The Balaban J connectivity index is 1.37. The van der Waals surface area contributed by atoms with Gasteiger partial charge >= 0.3 is 0 Å². The highest BCUT2D eigenvalue weighted by Crippen LogP contribution is 2.41. The van der Waals surface area contributed by atoms with E-state index in [1.807, 2.05) is 37.4 Å². The zero-order valence-corrected chi connectivity index (χ0v) is 18.8. The number of amides is 1. The smallest absolute Gasteiger partial charge is 0.244 e. The van der Waals surface area contributed by atoms with E-state index >= 15 is 0 Å². The topological polar surface area (TPSA) is 73.2 Å². The van der Waals surface area contributed by atoms with E-state index in [9.17, 15) is 9.59 Å². The normalized spacial score (nSPS) is 15.1. The molecular formula is C23H22ClN3O3S. The van der Waals surface area contributed by atoms with Gasteiger partial charge in [-0.15, -0.1) is 11.3 Å². The largest absolute Gasteiger partial charge is 0.486 e. The predicted octanol–water partition coefficient (Wildman–Crippen LogP) is 4.62. The van der Waals surface area contributed by atoms with Crippen molar-refractivity contribution >= 4 is 40.7 Å². The molecule has 1 aliphatic rings. The molecule has 160 valence electrons. The molecule has 1 unspecified atom stereocenters. The first kappa shape index (κ1) is 21.3. The quantitative estimate of drug-likeness (QED) is 0.416. The van der Waals surface area contributed by atoms with Gasteiger partial charge in [0.1, 0.15) is 11.9 Å². The standard InChI is InChI=1S/C23H22ClN3O3S/c1-3-27-13-15(11-26-27)4-7-22(29)25-12-18-9-17-8-16(10-19(24)23(17)30-18)21-6-5-20(31-21)14(2)28/h4-8,10-11,13,18H,3,9,12H2,1-2H3,(H,25,29). The average Bonchev–Trinajstić information content (AvgIpc) is 3.49. The predicted molar refractivity (Wildman–Crippen MR) is 123 cm³/mol. The molecule has 6 nitrogen and oxygen atoms in total. The third kappa shape index (κ3) is 4.89. The molecule has 0 saturated heterocycles. The highest BCUT2D eigenvalue weighted by Gasteiger charge is 2.26. The number of rotatable bonds is 7. The van der Waals surface area contributed by atoms with Crippen LogP contribution in [0.2, 0.25) is 5.02 Å². The summed E-state index contributed by atoms with van der Waals surface area (Å²) >= 11 is 7.91. The van der Waals surface area contributed by atoms with Crippen LogP contribution >= 0.6 is 22.9 Å². The van der Waals surface area contributed by atoms with Crippen LogP contribution in [0.1, 0.15) is 34.6 Å². The Morgan fingerprint density at radius 3 is 2.94 bits per heavy atom. The van der Waals surface area contributed by atoms with Gasteiger partial charge in [0.2, 0.25) is 5.91 Å². The molecule has 4 rings (SSSR count). The van der Waals surface area contributed by atoms with E-state index in [4.69, 9.17) is 16.3 Å². The van der Waals surface area contributed by atoms with Crippen LogP contribution in [-0.2, 0) is 17.8 Å². The first-order valence-corrected chi connectivity index (χ1v) is 11.2. The number of carbonyl (C=O) groups excluding carboxylic acids is 2. The number of hydrogen-bond acceptors (Lipinski definition) is 5. The Kier molecular flexibility index (Phi) is 6.25. The van der Waals surface area contributed by atoms with Crippen molar-refractivity contribution in [1.29, 1.82) is 0 Å². The number of thiophene rings is 1. The van der Waals surface area contributed by atoms with Crippen molar-refractivity contribution in [3.8, 4) is 16.2 Å². The van der Waals surface area contributed by atoms with Crippen LogP contribution < -0.4 is 10.1 Å². The maximum absolute atomic E-state index is 12.2. The lowest BCUT2D eigenvalue weighted by molar-refractivity contribution is -0.116. The molecule has 1 atom stereocenters. The first-order chi connectivity index (χ1) is 14.9. The number of aromatic nitrogens is 2. The molecule has 8 heteroatoms. The molecule has 1 N–H and O–H groups in total. The van der Waals surface area contributed by atoms with Gasteiger partial charge in [0, 0.05) is 41.2 Å². The summed E-state index contributed by atoms with van der Waals surface area (Å²) in [5.74, 6) is 0.525. The first-order valence-electron chi connectivity index (χ1n) is 10.0. The lowest BCUT2D eigenvalue weighted by atomic mass is 10.1. The molecule has 31 heavy (non-hydrogen) atoms. The fourth-order valence-electron chi connectivity index (χ4n) is 3.41. The molecule has 2 aromatic heterocycles. The summed E-state index contributed by atoms with van der Waals surface area (Å²) in [7, 11) is 0. The molecule has 3 heterocycles. The molecule has 1 aromatic carbocycles. The van der Waals surface area contributed by atoms with Gasteiger partial charge in [-0.2, -0.15) is 5.10 Å². The number of nitrogens with one attached hydrogen (secondary N) is 1. The summed E-state index contributed by atoms with van der Waals surface area (Å²) < 4.78 is 7.77. The summed E-state index contributed by atoms with van der Waals surface area (Å²) in [5.41, 5.74) is 2.84. The van der Waals surface area contributed by atoms with Gasteiger partial charge in [0.05, 0.1) is 22.6 Å². The van der Waals surface area contributed by atoms with E-state index in [0.29, 0.717) is 23.7 Å². The van der Waals surface area contributed by atoms with E-state index in [1.54, 1.807) is 23.9 Å². The zero-order valence-electron chi connectivity index (χ0n) is 17.2. The number of aryl methyl sites for hydroxylation is 1. The number of benzene rings is 1. The summed E-state index contributed by atoms with van der Waals surface area (Å²) in [4.78, 5) is 25.4. The van der Waals surface area contributed by atoms with Gasteiger partial charge in [-0.05, 0) is 49.8 Å². The lowest BCUT2D eigenvalue weighted by Gasteiger charge is -2.11. The number of carbonyl (C=O) groups is 2. The Morgan fingerprint density at radius 1 is 1.39 bits per heavy atom. The van der Waals surface area contributed by atoms with Gasteiger partial charge < -0.3 is 10.1 Å². The van der Waals surface area contributed by atoms with Gasteiger partial charge in [0.25, 0.3) is 0 Å². The molecular weight excluding hydrogens is 434 g/mol. The second-order valence-electron chi connectivity index (χ2n) is 7.32. The maximum Gasteiger partial charge on any atom is 0.244 e. The molecule has 1 amide bonds. The van der Waals surface area contributed by atoms with E-state index in [0.717, 1.165) is 33.0 Å². The fraction of sp³-hybridized carbons (Fsp3) is 0.261. The van der Waals surface area contributed by atoms with Crippen LogP contribution in [0, 0.1) is 0 Å². The van der Waals surface area contributed by atoms with E-state index in [1.165, 1.54) is 17.4 Å². The Bertz CT molecular complexity index is 1160. The van der Waals surface area contributed by atoms with Crippen LogP contribution in [0.5, 0.6) is 5.75 Å². The van der Waals surface area contributed by atoms with Crippen molar-refractivity contribution in [2.75, 3.05) is 6.54 Å². The summed E-state index contributed by atoms with van der Waals surface area (Å²) in [6, 6.07) is 7.67. The molecule has 0 spiro atoms. The summed E-state index contributed by atoms with van der Waals surface area (Å²) in [6.07, 6.45) is 7.30. The Labute approximate surface area is 189 Å². The number of nitrogens with zero attached hydrogens (tertiary/aromatic N) is 2. The highest BCUT2D eigenvalue weighted by molar-refractivity contribution is 7.17. The second kappa shape index (κ2) is 9.08.